The normalized spacial score (nSPS) is 29.1. The van der Waals surface area contributed by atoms with Gasteiger partial charge in [-0.25, -0.2) is 13.4 Å². The zero-order chi connectivity index (χ0) is 13.5. The van der Waals surface area contributed by atoms with Gasteiger partial charge in [0.15, 0.2) is 5.03 Å². The lowest BCUT2D eigenvalue weighted by molar-refractivity contribution is -0.0586. The molecule has 2 atom stereocenters. The first-order valence-electron chi connectivity index (χ1n) is 6.74. The Hall–Kier alpha value is -0.920. The molecule has 0 amide bonds. The Morgan fingerprint density at radius 1 is 1.42 bits per heavy atom. The molecule has 0 radical (unpaired) electrons. The molecule has 1 aliphatic heterocycles. The molecule has 0 aromatic carbocycles. The van der Waals surface area contributed by atoms with Gasteiger partial charge in [0, 0.05) is 6.54 Å². The van der Waals surface area contributed by atoms with Crippen LogP contribution in [0.3, 0.4) is 0 Å². The summed E-state index contributed by atoms with van der Waals surface area (Å²) in [6.07, 6.45) is 5.49. The van der Waals surface area contributed by atoms with Gasteiger partial charge in [0.2, 0.25) is 0 Å². The third kappa shape index (κ3) is 2.30. The van der Waals surface area contributed by atoms with Crippen molar-refractivity contribution in [3.05, 3.63) is 12.0 Å². The average Bonchev–Trinajstić information content (AvgIpc) is 2.85. The van der Waals surface area contributed by atoms with E-state index >= 15 is 0 Å². The molecule has 3 rings (SSSR count). The molecule has 1 aromatic rings. The summed E-state index contributed by atoms with van der Waals surface area (Å²) >= 11 is 0. The minimum absolute atomic E-state index is 0.0175. The molecule has 106 valence electrons. The number of nitrogens with one attached hydrogen (secondary N) is 1. The number of fused-ring (bicyclic) bond motifs is 1. The summed E-state index contributed by atoms with van der Waals surface area (Å²) in [4.78, 5) is 6.82. The molecule has 2 unspecified atom stereocenters. The lowest BCUT2D eigenvalue weighted by Gasteiger charge is -2.42. The van der Waals surface area contributed by atoms with Crippen LogP contribution in [0.5, 0.6) is 0 Å². The van der Waals surface area contributed by atoms with Gasteiger partial charge in [-0.15, -0.1) is 0 Å². The fourth-order valence-electron chi connectivity index (χ4n) is 3.02. The second-order valence-electron chi connectivity index (χ2n) is 5.21. The van der Waals surface area contributed by atoms with Gasteiger partial charge in [-0.2, -0.15) is 4.31 Å². The summed E-state index contributed by atoms with van der Waals surface area (Å²) < 4.78 is 32.6. The Labute approximate surface area is 113 Å². The first kappa shape index (κ1) is 13.1. The molecular formula is C12H19N3O3S. The van der Waals surface area contributed by atoms with Gasteiger partial charge in [-0.05, 0) is 19.8 Å². The third-order valence-corrected chi connectivity index (χ3v) is 5.78. The van der Waals surface area contributed by atoms with E-state index in [0.717, 1.165) is 25.7 Å². The van der Waals surface area contributed by atoms with E-state index in [0.29, 0.717) is 19.0 Å². The van der Waals surface area contributed by atoms with E-state index in [4.69, 9.17) is 4.74 Å². The first-order valence-corrected chi connectivity index (χ1v) is 8.18. The van der Waals surface area contributed by atoms with Crippen molar-refractivity contribution >= 4 is 10.0 Å². The number of ether oxygens (including phenoxy) is 1. The summed E-state index contributed by atoms with van der Waals surface area (Å²) in [6.45, 7) is 2.66. The number of H-pyrrole nitrogens is 1. The van der Waals surface area contributed by atoms with Crippen LogP contribution in [0.2, 0.25) is 0 Å². The number of hydrogen-bond acceptors (Lipinski definition) is 4. The number of aromatic amines is 1. The van der Waals surface area contributed by atoms with Crippen LogP contribution in [0, 0.1) is 6.92 Å². The SMILES string of the molecule is Cc1ncc(S(=O)(=O)N2CCOC3CCCCC32)[nH]1. The fraction of sp³-hybridized carbons (Fsp3) is 0.750. The van der Waals surface area contributed by atoms with Crippen LogP contribution in [-0.2, 0) is 14.8 Å². The Balaban J connectivity index is 1.91. The molecule has 2 aliphatic rings. The van der Waals surface area contributed by atoms with Crippen molar-refractivity contribution in [3.8, 4) is 0 Å². The van der Waals surface area contributed by atoms with Crippen molar-refractivity contribution in [1.82, 2.24) is 14.3 Å². The molecule has 1 saturated heterocycles. The van der Waals surface area contributed by atoms with Crippen LogP contribution < -0.4 is 0 Å². The number of imidazole rings is 1. The number of morpholine rings is 1. The molecule has 7 heteroatoms. The average molecular weight is 285 g/mol. The van der Waals surface area contributed by atoms with Crippen molar-refractivity contribution in [2.45, 2.75) is 49.8 Å². The van der Waals surface area contributed by atoms with E-state index < -0.39 is 10.0 Å². The molecular weight excluding hydrogens is 266 g/mol. The summed E-state index contributed by atoms with van der Waals surface area (Å²) in [7, 11) is -3.48. The number of hydrogen-bond donors (Lipinski definition) is 1. The predicted molar refractivity (Wildman–Crippen MR) is 69.2 cm³/mol. The summed E-state index contributed by atoms with van der Waals surface area (Å²) in [6, 6.07) is -0.0175. The van der Waals surface area contributed by atoms with Crippen molar-refractivity contribution < 1.29 is 13.2 Å². The van der Waals surface area contributed by atoms with E-state index in [2.05, 4.69) is 9.97 Å². The maximum absolute atomic E-state index is 12.7. The van der Waals surface area contributed by atoms with Gasteiger partial charge < -0.3 is 9.72 Å². The van der Waals surface area contributed by atoms with Gasteiger partial charge >= 0.3 is 0 Å². The van der Waals surface area contributed by atoms with E-state index in [1.165, 1.54) is 6.20 Å². The van der Waals surface area contributed by atoms with Gasteiger partial charge in [-0.1, -0.05) is 12.8 Å². The van der Waals surface area contributed by atoms with E-state index in [-0.39, 0.29) is 17.2 Å². The number of rotatable bonds is 2. The Morgan fingerprint density at radius 3 is 2.95 bits per heavy atom. The van der Waals surface area contributed by atoms with Crippen LogP contribution in [-0.4, -0.2) is 48.0 Å². The molecule has 0 spiro atoms. The highest BCUT2D eigenvalue weighted by Crippen LogP contribution is 2.31. The molecule has 0 bridgehead atoms. The quantitative estimate of drug-likeness (QED) is 0.881. The minimum atomic E-state index is -3.48. The lowest BCUT2D eigenvalue weighted by Crippen LogP contribution is -2.54. The summed E-state index contributed by atoms with van der Waals surface area (Å²) in [5.41, 5.74) is 0. The molecule has 1 N–H and O–H groups in total. The van der Waals surface area contributed by atoms with Crippen molar-refractivity contribution in [3.63, 3.8) is 0 Å². The minimum Gasteiger partial charge on any atom is -0.375 e. The fourth-order valence-corrected chi connectivity index (χ4v) is 4.64. The van der Waals surface area contributed by atoms with Crippen LogP contribution in [0.1, 0.15) is 31.5 Å². The molecule has 1 saturated carbocycles. The van der Waals surface area contributed by atoms with Crippen LogP contribution in [0.25, 0.3) is 0 Å². The zero-order valence-electron chi connectivity index (χ0n) is 11.0. The van der Waals surface area contributed by atoms with E-state index in [9.17, 15) is 8.42 Å². The highest BCUT2D eigenvalue weighted by Gasteiger charge is 2.41. The smallest absolute Gasteiger partial charge is 0.260 e. The maximum Gasteiger partial charge on any atom is 0.260 e. The van der Waals surface area contributed by atoms with Crippen molar-refractivity contribution in [2.75, 3.05) is 13.2 Å². The number of sulfonamides is 1. The van der Waals surface area contributed by atoms with Gasteiger partial charge in [0.05, 0.1) is 24.9 Å². The molecule has 6 nitrogen and oxygen atoms in total. The van der Waals surface area contributed by atoms with Gasteiger partial charge in [-0.3, -0.25) is 0 Å². The first-order chi connectivity index (χ1) is 9.09. The molecule has 1 aromatic heterocycles. The predicted octanol–water partition coefficient (Wildman–Crippen LogP) is 1.05. The number of aryl methyl sites for hydroxylation is 1. The summed E-state index contributed by atoms with van der Waals surface area (Å²) in [5.74, 6) is 0.618. The van der Waals surface area contributed by atoms with Gasteiger partial charge in [0.25, 0.3) is 10.0 Å². The number of aromatic nitrogens is 2. The molecule has 19 heavy (non-hydrogen) atoms. The highest BCUT2D eigenvalue weighted by atomic mass is 32.2. The third-order valence-electron chi connectivity index (χ3n) is 3.95. The second kappa shape index (κ2) is 4.88. The highest BCUT2D eigenvalue weighted by molar-refractivity contribution is 7.89. The Morgan fingerprint density at radius 2 is 2.21 bits per heavy atom. The van der Waals surface area contributed by atoms with E-state index in [1.807, 2.05) is 0 Å². The molecule has 1 aliphatic carbocycles. The van der Waals surface area contributed by atoms with E-state index in [1.54, 1.807) is 11.2 Å². The van der Waals surface area contributed by atoms with Crippen molar-refractivity contribution in [2.24, 2.45) is 0 Å². The van der Waals surface area contributed by atoms with Crippen LogP contribution >= 0.6 is 0 Å². The molecule has 2 fully saturated rings. The summed E-state index contributed by atoms with van der Waals surface area (Å²) in [5, 5.41) is 0.191. The van der Waals surface area contributed by atoms with Gasteiger partial charge in [0.1, 0.15) is 5.82 Å². The Bertz CT molecular complexity index is 552. The maximum atomic E-state index is 12.7. The monoisotopic (exact) mass is 285 g/mol. The number of nitrogens with zero attached hydrogens (tertiary/aromatic N) is 2. The van der Waals surface area contributed by atoms with Crippen molar-refractivity contribution in [1.29, 1.82) is 0 Å². The molecule has 2 heterocycles. The Kier molecular flexibility index (Phi) is 3.36. The van der Waals surface area contributed by atoms with Crippen LogP contribution in [0.15, 0.2) is 11.2 Å². The largest absolute Gasteiger partial charge is 0.375 e. The lowest BCUT2D eigenvalue weighted by atomic mass is 9.91. The topological polar surface area (TPSA) is 75.3 Å². The van der Waals surface area contributed by atoms with Crippen LogP contribution in [0.4, 0.5) is 0 Å². The second-order valence-corrected chi connectivity index (χ2v) is 7.07. The standard InChI is InChI=1S/C12H19N3O3S/c1-9-13-8-12(14-9)19(16,17)15-6-7-18-11-5-3-2-4-10(11)15/h8,10-11H,2-7H2,1H3,(H,13,14). The zero-order valence-corrected chi connectivity index (χ0v) is 11.8.